The van der Waals surface area contributed by atoms with Crippen LogP contribution in [0, 0.1) is 17.6 Å². The number of rotatable bonds is 6. The highest BCUT2D eigenvalue weighted by atomic mass is 19.1. The molecular weight excluding hydrogens is 394 g/mol. The monoisotopic (exact) mass is 416 g/mol. The van der Waals surface area contributed by atoms with Crippen LogP contribution in [0.1, 0.15) is 25.8 Å². The van der Waals surface area contributed by atoms with Gasteiger partial charge in [-0.05, 0) is 43.2 Å². The zero-order chi connectivity index (χ0) is 21.8. The summed E-state index contributed by atoms with van der Waals surface area (Å²) >= 11 is 0. The van der Waals surface area contributed by atoms with Gasteiger partial charge in [-0.25, -0.2) is 8.78 Å². The van der Waals surface area contributed by atoms with Crippen LogP contribution < -0.4 is 10.2 Å². The predicted octanol–water partition coefficient (Wildman–Crippen LogP) is 3.45. The topological polar surface area (TPSA) is 75.7 Å². The summed E-state index contributed by atoms with van der Waals surface area (Å²) in [5.41, 5.74) is 1.48. The number of aryl methyl sites for hydroxylation is 1. The molecule has 1 heterocycles. The van der Waals surface area contributed by atoms with Crippen molar-refractivity contribution in [2.45, 2.75) is 32.8 Å². The van der Waals surface area contributed by atoms with Gasteiger partial charge in [0.1, 0.15) is 11.6 Å². The van der Waals surface area contributed by atoms with Crippen LogP contribution in [-0.4, -0.2) is 30.4 Å². The van der Waals surface area contributed by atoms with E-state index in [1.165, 1.54) is 11.8 Å². The lowest BCUT2D eigenvalue weighted by Crippen LogP contribution is -2.33. The van der Waals surface area contributed by atoms with Gasteiger partial charge >= 0.3 is 5.97 Å². The molecular formula is C22H22F2N2O4. The Hall–Kier alpha value is -3.29. The molecule has 6 nitrogen and oxygen atoms in total. The lowest BCUT2D eigenvalue weighted by molar-refractivity contribution is -0.157. The number of benzene rings is 2. The fourth-order valence-electron chi connectivity index (χ4n) is 3.18. The quantitative estimate of drug-likeness (QED) is 0.732. The molecule has 0 aromatic heterocycles. The molecule has 158 valence electrons. The zero-order valence-electron chi connectivity index (χ0n) is 16.7. The lowest BCUT2D eigenvalue weighted by Gasteiger charge is -2.18. The number of hydrogen-bond donors (Lipinski definition) is 1. The van der Waals surface area contributed by atoms with Gasteiger partial charge in [-0.3, -0.25) is 14.4 Å². The van der Waals surface area contributed by atoms with E-state index in [-0.39, 0.29) is 24.6 Å². The van der Waals surface area contributed by atoms with Crippen LogP contribution in [-0.2, 0) is 25.5 Å². The van der Waals surface area contributed by atoms with Crippen LogP contribution in [0.2, 0.25) is 0 Å². The molecule has 1 aliphatic rings. The van der Waals surface area contributed by atoms with E-state index in [9.17, 15) is 23.2 Å². The Labute approximate surface area is 172 Å². The molecule has 30 heavy (non-hydrogen) atoms. The van der Waals surface area contributed by atoms with Crippen LogP contribution >= 0.6 is 0 Å². The number of carbonyl (C=O) groups is 3. The van der Waals surface area contributed by atoms with E-state index in [2.05, 4.69) is 5.32 Å². The van der Waals surface area contributed by atoms with Gasteiger partial charge in [0, 0.05) is 24.7 Å². The second kappa shape index (κ2) is 9.02. The standard InChI is InChI=1S/C22H22F2N2O4/c1-3-14-4-7-17(8-5-14)26-12-15(10-20(26)27)22(29)30-13(2)21(28)25-19-11-16(23)6-9-18(19)24/h4-9,11,13,15H,3,10,12H2,1-2H3,(H,25,28). The zero-order valence-corrected chi connectivity index (χ0v) is 16.7. The first-order chi connectivity index (χ1) is 14.3. The Kier molecular flexibility index (Phi) is 6.44. The molecule has 0 saturated carbocycles. The van der Waals surface area contributed by atoms with Crippen molar-refractivity contribution in [1.29, 1.82) is 0 Å². The summed E-state index contributed by atoms with van der Waals surface area (Å²) in [5, 5.41) is 2.19. The predicted molar refractivity (Wildman–Crippen MR) is 107 cm³/mol. The van der Waals surface area contributed by atoms with Gasteiger partial charge in [0.15, 0.2) is 6.10 Å². The van der Waals surface area contributed by atoms with Gasteiger partial charge in [0.2, 0.25) is 5.91 Å². The number of halogens is 2. The Bertz CT molecular complexity index is 962. The minimum absolute atomic E-state index is 0.0266. The van der Waals surface area contributed by atoms with E-state index in [0.29, 0.717) is 5.69 Å². The molecule has 3 rings (SSSR count). The Balaban J connectivity index is 1.59. The van der Waals surface area contributed by atoms with Crippen molar-refractivity contribution in [3.05, 3.63) is 59.7 Å². The highest BCUT2D eigenvalue weighted by Gasteiger charge is 2.37. The molecule has 1 N–H and O–H groups in total. The third-order valence-corrected chi connectivity index (χ3v) is 4.96. The fourth-order valence-corrected chi connectivity index (χ4v) is 3.18. The van der Waals surface area contributed by atoms with Crippen molar-refractivity contribution >= 4 is 29.2 Å². The Morgan fingerprint density at radius 1 is 1.20 bits per heavy atom. The second-order valence-corrected chi connectivity index (χ2v) is 7.12. The second-order valence-electron chi connectivity index (χ2n) is 7.12. The van der Waals surface area contributed by atoms with Crippen LogP contribution in [0.4, 0.5) is 20.2 Å². The van der Waals surface area contributed by atoms with E-state index < -0.39 is 35.5 Å². The first-order valence-corrected chi connectivity index (χ1v) is 9.64. The van der Waals surface area contributed by atoms with E-state index >= 15 is 0 Å². The molecule has 1 saturated heterocycles. The van der Waals surface area contributed by atoms with E-state index in [4.69, 9.17) is 4.74 Å². The van der Waals surface area contributed by atoms with E-state index in [0.717, 1.165) is 30.2 Å². The van der Waals surface area contributed by atoms with Crippen molar-refractivity contribution in [3.8, 4) is 0 Å². The summed E-state index contributed by atoms with van der Waals surface area (Å²) in [6, 6.07) is 10.1. The maximum Gasteiger partial charge on any atom is 0.312 e. The molecule has 0 spiro atoms. The third-order valence-electron chi connectivity index (χ3n) is 4.96. The highest BCUT2D eigenvalue weighted by molar-refractivity contribution is 6.00. The van der Waals surface area contributed by atoms with Gasteiger partial charge in [-0.1, -0.05) is 19.1 Å². The van der Waals surface area contributed by atoms with Gasteiger partial charge < -0.3 is 15.0 Å². The van der Waals surface area contributed by atoms with Gasteiger partial charge in [0.05, 0.1) is 11.6 Å². The highest BCUT2D eigenvalue weighted by Crippen LogP contribution is 2.26. The first kappa shape index (κ1) is 21.4. The van der Waals surface area contributed by atoms with Crippen LogP contribution in [0.5, 0.6) is 0 Å². The lowest BCUT2D eigenvalue weighted by atomic mass is 10.1. The molecule has 1 fully saturated rings. The van der Waals surface area contributed by atoms with E-state index in [1.807, 2.05) is 31.2 Å². The fraction of sp³-hybridized carbons (Fsp3) is 0.318. The molecule has 2 amide bonds. The summed E-state index contributed by atoms with van der Waals surface area (Å²) in [6.45, 7) is 3.50. The minimum Gasteiger partial charge on any atom is -0.452 e. The number of amides is 2. The third kappa shape index (κ3) is 4.82. The first-order valence-electron chi connectivity index (χ1n) is 9.64. The van der Waals surface area contributed by atoms with Crippen LogP contribution in [0.15, 0.2) is 42.5 Å². The number of ether oxygens (including phenoxy) is 1. The molecule has 2 aromatic carbocycles. The van der Waals surface area contributed by atoms with Crippen molar-refractivity contribution < 1.29 is 27.9 Å². The maximum atomic E-state index is 13.7. The van der Waals surface area contributed by atoms with Crippen molar-refractivity contribution in [3.63, 3.8) is 0 Å². The molecule has 0 bridgehead atoms. The smallest absolute Gasteiger partial charge is 0.312 e. The number of nitrogens with zero attached hydrogens (tertiary/aromatic N) is 1. The average molecular weight is 416 g/mol. The van der Waals surface area contributed by atoms with Crippen LogP contribution in [0.25, 0.3) is 0 Å². The average Bonchev–Trinajstić information content (AvgIpc) is 3.12. The van der Waals surface area contributed by atoms with Crippen molar-refractivity contribution in [2.75, 3.05) is 16.8 Å². The SMILES string of the molecule is CCc1ccc(N2CC(C(=O)OC(C)C(=O)Nc3cc(F)ccc3F)CC2=O)cc1. The largest absolute Gasteiger partial charge is 0.452 e. The van der Waals surface area contributed by atoms with Crippen molar-refractivity contribution in [2.24, 2.45) is 5.92 Å². The van der Waals surface area contributed by atoms with E-state index in [1.54, 1.807) is 0 Å². The molecule has 2 unspecified atom stereocenters. The molecule has 1 aliphatic heterocycles. The normalized spacial score (nSPS) is 17.0. The van der Waals surface area contributed by atoms with Crippen LogP contribution in [0.3, 0.4) is 0 Å². The Morgan fingerprint density at radius 3 is 2.57 bits per heavy atom. The van der Waals surface area contributed by atoms with Crippen molar-refractivity contribution in [1.82, 2.24) is 0 Å². The number of nitrogens with one attached hydrogen (secondary N) is 1. The maximum absolute atomic E-state index is 13.7. The van der Waals surface area contributed by atoms with Gasteiger partial charge in [0.25, 0.3) is 5.91 Å². The molecule has 8 heteroatoms. The van der Waals surface area contributed by atoms with Gasteiger partial charge in [-0.15, -0.1) is 0 Å². The Morgan fingerprint density at radius 2 is 1.90 bits per heavy atom. The number of carbonyl (C=O) groups excluding carboxylic acids is 3. The summed E-state index contributed by atoms with van der Waals surface area (Å²) in [6.07, 6.45) is -0.391. The molecule has 0 radical (unpaired) electrons. The molecule has 2 atom stereocenters. The summed E-state index contributed by atoms with van der Waals surface area (Å²) < 4.78 is 32.1. The molecule has 2 aromatic rings. The summed E-state index contributed by atoms with van der Waals surface area (Å²) in [5.74, 6) is -3.95. The summed E-state index contributed by atoms with van der Waals surface area (Å²) in [7, 11) is 0. The number of hydrogen-bond acceptors (Lipinski definition) is 4. The number of anilines is 2. The van der Waals surface area contributed by atoms with Gasteiger partial charge in [-0.2, -0.15) is 0 Å². The number of esters is 1. The summed E-state index contributed by atoms with van der Waals surface area (Å²) in [4.78, 5) is 38.5. The minimum atomic E-state index is -1.24. The molecule has 0 aliphatic carbocycles.